The number of ketones is 1. The fourth-order valence-electron chi connectivity index (χ4n) is 0.844. The maximum atomic E-state index is 11.3. The van der Waals surface area contributed by atoms with Gasteiger partial charge in [-0.05, 0) is 22.4 Å². The molecule has 1 N–H and O–H groups in total. The van der Waals surface area contributed by atoms with E-state index in [0.717, 1.165) is 0 Å². The first-order valence-corrected chi connectivity index (χ1v) is 4.65. The van der Waals surface area contributed by atoms with E-state index in [1.807, 2.05) is 0 Å². The van der Waals surface area contributed by atoms with Crippen LogP contribution in [-0.4, -0.2) is 27.5 Å². The van der Waals surface area contributed by atoms with Gasteiger partial charge in [-0.1, -0.05) is 0 Å². The molecule has 0 saturated carbocycles. The van der Waals surface area contributed by atoms with E-state index in [1.165, 1.54) is 12.4 Å². The Morgan fingerprint density at radius 3 is 2.92 bits per heavy atom. The molecule has 0 aliphatic heterocycles. The van der Waals surface area contributed by atoms with E-state index in [9.17, 15) is 4.79 Å². The molecule has 0 fully saturated rings. The first-order chi connectivity index (χ1) is 6.24. The van der Waals surface area contributed by atoms with E-state index in [1.54, 1.807) is 0 Å². The summed E-state index contributed by atoms with van der Waals surface area (Å²) in [5, 5.41) is 8.52. The van der Waals surface area contributed by atoms with Gasteiger partial charge < -0.3 is 5.11 Å². The third kappa shape index (κ3) is 3.20. The van der Waals surface area contributed by atoms with E-state index in [4.69, 9.17) is 5.11 Å². The fraction of sp³-hybridized carbons (Fsp3) is 0.375. The highest BCUT2D eigenvalue weighted by molar-refractivity contribution is 9.10. The summed E-state index contributed by atoms with van der Waals surface area (Å²) in [5.74, 6) is -0.0946. The molecule has 13 heavy (non-hydrogen) atoms. The Labute approximate surface area is 84.2 Å². The quantitative estimate of drug-likeness (QED) is 0.809. The summed E-state index contributed by atoms with van der Waals surface area (Å²) in [6.45, 7) is 0.0210. The lowest BCUT2D eigenvalue weighted by atomic mass is 10.2. The largest absolute Gasteiger partial charge is 0.396 e. The van der Waals surface area contributed by atoms with Gasteiger partial charge in [-0.25, -0.2) is 4.98 Å². The molecule has 0 spiro atoms. The number of nitrogens with zero attached hydrogens (tertiary/aromatic N) is 2. The smallest absolute Gasteiger partial charge is 0.182 e. The standard InChI is InChI=1S/C8H9BrN2O2/c9-8-5-10-4-6(11-8)7(13)2-1-3-12/h4-5,12H,1-3H2. The second kappa shape index (κ2) is 5.04. The van der Waals surface area contributed by atoms with Crippen LogP contribution in [-0.2, 0) is 0 Å². The first kappa shape index (κ1) is 10.3. The van der Waals surface area contributed by atoms with Crippen LogP contribution < -0.4 is 0 Å². The molecular weight excluding hydrogens is 236 g/mol. The van der Waals surface area contributed by atoms with Crippen molar-refractivity contribution in [3.05, 3.63) is 22.7 Å². The van der Waals surface area contributed by atoms with Gasteiger partial charge in [0.25, 0.3) is 0 Å². The summed E-state index contributed by atoms with van der Waals surface area (Å²) in [5.41, 5.74) is 0.336. The van der Waals surface area contributed by atoms with E-state index >= 15 is 0 Å². The van der Waals surface area contributed by atoms with Crippen LogP contribution >= 0.6 is 15.9 Å². The second-order valence-corrected chi connectivity index (χ2v) is 3.29. The van der Waals surface area contributed by atoms with Gasteiger partial charge in [0.2, 0.25) is 0 Å². The predicted molar refractivity (Wildman–Crippen MR) is 50.4 cm³/mol. The lowest BCUT2D eigenvalue weighted by Gasteiger charge is -1.97. The number of Topliss-reactive ketones (excluding diaryl/α,β-unsaturated/α-hetero) is 1. The summed E-state index contributed by atoms with van der Waals surface area (Å²) in [4.78, 5) is 19.1. The second-order valence-electron chi connectivity index (χ2n) is 2.48. The number of carbonyl (C=O) groups excluding carboxylic acids is 1. The minimum absolute atomic E-state index is 0.0210. The molecule has 0 aromatic carbocycles. The lowest BCUT2D eigenvalue weighted by Crippen LogP contribution is -2.03. The number of halogens is 1. The van der Waals surface area contributed by atoms with Gasteiger partial charge in [0.1, 0.15) is 10.3 Å². The summed E-state index contributed by atoms with van der Waals surface area (Å²) in [7, 11) is 0. The Morgan fingerprint density at radius 2 is 2.31 bits per heavy atom. The number of aliphatic hydroxyl groups is 1. The zero-order valence-corrected chi connectivity index (χ0v) is 8.49. The average Bonchev–Trinajstić information content (AvgIpc) is 2.14. The molecule has 0 aliphatic carbocycles. The number of aromatic nitrogens is 2. The van der Waals surface area contributed by atoms with Crippen molar-refractivity contribution in [2.45, 2.75) is 12.8 Å². The monoisotopic (exact) mass is 244 g/mol. The topological polar surface area (TPSA) is 63.1 Å². The van der Waals surface area contributed by atoms with Gasteiger partial charge in [-0.3, -0.25) is 9.78 Å². The number of carbonyl (C=O) groups is 1. The highest BCUT2D eigenvalue weighted by Gasteiger charge is 2.07. The van der Waals surface area contributed by atoms with Crippen LogP contribution in [0.2, 0.25) is 0 Å². The Balaban J connectivity index is 2.66. The van der Waals surface area contributed by atoms with E-state index in [-0.39, 0.29) is 12.4 Å². The van der Waals surface area contributed by atoms with Gasteiger partial charge in [-0.15, -0.1) is 0 Å². The highest BCUT2D eigenvalue weighted by atomic mass is 79.9. The summed E-state index contributed by atoms with van der Waals surface area (Å²) < 4.78 is 0.544. The predicted octanol–water partition coefficient (Wildman–Crippen LogP) is 1.19. The molecule has 70 valence electrons. The minimum Gasteiger partial charge on any atom is -0.396 e. The van der Waals surface area contributed by atoms with Crippen molar-refractivity contribution in [2.75, 3.05) is 6.61 Å². The van der Waals surface area contributed by atoms with Crippen molar-refractivity contribution in [1.82, 2.24) is 9.97 Å². The molecule has 0 bridgehead atoms. The van der Waals surface area contributed by atoms with Gasteiger partial charge in [0, 0.05) is 13.0 Å². The molecule has 1 aromatic heterocycles. The summed E-state index contributed by atoms with van der Waals surface area (Å²) in [6.07, 6.45) is 3.71. The van der Waals surface area contributed by atoms with Gasteiger partial charge in [-0.2, -0.15) is 0 Å². The highest BCUT2D eigenvalue weighted by Crippen LogP contribution is 2.06. The minimum atomic E-state index is -0.0946. The van der Waals surface area contributed by atoms with Gasteiger partial charge >= 0.3 is 0 Å². The van der Waals surface area contributed by atoms with Crippen LogP contribution in [0, 0.1) is 0 Å². The van der Waals surface area contributed by atoms with Crippen molar-refractivity contribution in [1.29, 1.82) is 0 Å². The summed E-state index contributed by atoms with van der Waals surface area (Å²) >= 11 is 3.12. The van der Waals surface area contributed by atoms with Crippen LogP contribution in [0.4, 0.5) is 0 Å². The molecule has 1 heterocycles. The molecule has 4 nitrogen and oxygen atoms in total. The third-order valence-electron chi connectivity index (χ3n) is 1.45. The maximum Gasteiger partial charge on any atom is 0.182 e. The molecule has 0 amide bonds. The lowest BCUT2D eigenvalue weighted by molar-refractivity contribution is 0.0966. The normalized spacial score (nSPS) is 10.0. The SMILES string of the molecule is O=C(CCCO)c1cncc(Br)n1. The number of hydrogen-bond donors (Lipinski definition) is 1. The molecule has 0 aliphatic rings. The van der Waals surface area contributed by atoms with Crippen LogP contribution in [0.1, 0.15) is 23.3 Å². The molecular formula is C8H9BrN2O2. The summed E-state index contributed by atoms with van der Waals surface area (Å²) in [6, 6.07) is 0. The molecule has 1 rings (SSSR count). The molecule has 1 aromatic rings. The van der Waals surface area contributed by atoms with Crippen LogP contribution in [0.25, 0.3) is 0 Å². The maximum absolute atomic E-state index is 11.3. The van der Waals surface area contributed by atoms with Crippen molar-refractivity contribution >= 4 is 21.7 Å². The Bertz CT molecular complexity index is 304. The van der Waals surface area contributed by atoms with E-state index < -0.39 is 0 Å². The van der Waals surface area contributed by atoms with Crippen LogP contribution in [0.3, 0.4) is 0 Å². The molecule has 0 saturated heterocycles. The fourth-order valence-corrected chi connectivity index (χ4v) is 1.15. The van der Waals surface area contributed by atoms with Gasteiger partial charge in [0.15, 0.2) is 5.78 Å². The Morgan fingerprint density at radius 1 is 1.54 bits per heavy atom. The molecule has 0 radical (unpaired) electrons. The Hall–Kier alpha value is -0.810. The zero-order chi connectivity index (χ0) is 9.68. The van der Waals surface area contributed by atoms with Crippen molar-refractivity contribution in [3.8, 4) is 0 Å². The van der Waals surface area contributed by atoms with Crippen molar-refractivity contribution in [3.63, 3.8) is 0 Å². The third-order valence-corrected chi connectivity index (χ3v) is 1.83. The van der Waals surface area contributed by atoms with E-state index in [2.05, 4.69) is 25.9 Å². The van der Waals surface area contributed by atoms with Crippen LogP contribution in [0.5, 0.6) is 0 Å². The average molecular weight is 245 g/mol. The number of hydrogen-bond acceptors (Lipinski definition) is 4. The number of rotatable bonds is 4. The van der Waals surface area contributed by atoms with Crippen LogP contribution in [0.15, 0.2) is 17.0 Å². The first-order valence-electron chi connectivity index (χ1n) is 3.85. The zero-order valence-electron chi connectivity index (χ0n) is 6.90. The van der Waals surface area contributed by atoms with Gasteiger partial charge in [0.05, 0.1) is 12.4 Å². The molecule has 5 heteroatoms. The molecule has 0 atom stereocenters. The van der Waals surface area contributed by atoms with Crippen molar-refractivity contribution in [2.24, 2.45) is 0 Å². The number of aliphatic hydroxyl groups excluding tert-OH is 1. The van der Waals surface area contributed by atoms with E-state index in [0.29, 0.717) is 23.1 Å². The van der Waals surface area contributed by atoms with Crippen molar-refractivity contribution < 1.29 is 9.90 Å². The molecule has 0 unspecified atom stereocenters. The Kier molecular flexibility index (Phi) is 3.98.